The fraction of sp³-hybridized carbons (Fsp3) is 0.308. The van der Waals surface area contributed by atoms with Crippen LogP contribution in [-0.4, -0.2) is 28.9 Å². The normalized spacial score (nSPS) is 15.2. The van der Waals surface area contributed by atoms with Crippen molar-refractivity contribution in [2.24, 2.45) is 7.05 Å². The van der Waals surface area contributed by atoms with Crippen molar-refractivity contribution in [2.75, 3.05) is 13.6 Å². The summed E-state index contributed by atoms with van der Waals surface area (Å²) in [7, 11) is 4.29. The maximum absolute atomic E-state index is 2.29. The van der Waals surface area contributed by atoms with Crippen LogP contribution in [0.15, 0.2) is 24.3 Å². The lowest BCUT2D eigenvalue weighted by Crippen LogP contribution is -2.19. The van der Waals surface area contributed by atoms with E-state index in [2.05, 4.69) is 53.7 Å². The van der Waals surface area contributed by atoms with Crippen molar-refractivity contribution in [3.8, 4) is 0 Å². The van der Waals surface area contributed by atoms with E-state index >= 15 is 0 Å². The van der Waals surface area contributed by atoms with Crippen LogP contribution in [0.2, 0.25) is 0 Å². The van der Waals surface area contributed by atoms with E-state index in [1.807, 2.05) is 0 Å². The Kier molecular flexibility index (Phi) is 1.72. The van der Waals surface area contributed by atoms with Crippen LogP contribution in [0.1, 0.15) is 11.3 Å². The lowest BCUT2D eigenvalue weighted by atomic mass is 10.1. The molecule has 0 unspecified atom stereocenters. The van der Waals surface area contributed by atoms with E-state index in [-0.39, 0.29) is 0 Å². The largest absolute Gasteiger partial charge is 0.339 e. The van der Waals surface area contributed by atoms with Gasteiger partial charge in [0.2, 0.25) is 0 Å². The number of aryl methyl sites for hydroxylation is 1. The van der Waals surface area contributed by atoms with Crippen LogP contribution >= 0.6 is 0 Å². The van der Waals surface area contributed by atoms with Gasteiger partial charge >= 0.3 is 0 Å². The third-order valence-electron chi connectivity index (χ3n) is 3.32. The van der Waals surface area contributed by atoms with Gasteiger partial charge < -0.3 is 4.57 Å². The minimum absolute atomic E-state index is 1.13. The SMILES string of the molecule is Cn1c2c(c3ccccc31)CC[N+](C)=C2. The lowest BCUT2D eigenvalue weighted by molar-refractivity contribution is -0.493. The molecule has 76 valence electrons. The number of nitrogens with zero attached hydrogens (tertiary/aromatic N) is 2. The third-order valence-corrected chi connectivity index (χ3v) is 3.32. The molecule has 1 aliphatic rings. The van der Waals surface area contributed by atoms with Crippen LogP contribution in [0, 0.1) is 0 Å². The Hall–Kier alpha value is -1.57. The van der Waals surface area contributed by atoms with Crippen molar-refractivity contribution in [1.82, 2.24) is 4.57 Å². The summed E-state index contributed by atoms with van der Waals surface area (Å²) in [6, 6.07) is 8.66. The van der Waals surface area contributed by atoms with Crippen molar-refractivity contribution < 1.29 is 4.58 Å². The molecule has 0 radical (unpaired) electrons. The van der Waals surface area contributed by atoms with Crippen molar-refractivity contribution in [3.63, 3.8) is 0 Å². The smallest absolute Gasteiger partial charge is 0.187 e. The maximum Gasteiger partial charge on any atom is 0.187 e. The highest BCUT2D eigenvalue weighted by Crippen LogP contribution is 2.25. The van der Waals surface area contributed by atoms with Crippen LogP contribution in [0.4, 0.5) is 0 Å². The summed E-state index contributed by atoms with van der Waals surface area (Å²) >= 11 is 0. The molecule has 0 atom stereocenters. The first-order valence-corrected chi connectivity index (χ1v) is 5.39. The van der Waals surface area contributed by atoms with E-state index in [1.54, 1.807) is 0 Å². The highest BCUT2D eigenvalue weighted by molar-refractivity contribution is 5.93. The standard InChI is InChI=1S/C13H15N2/c1-14-8-7-11-10-5-3-4-6-12(10)15(2)13(11)9-14/h3-6,9H,7-8H2,1-2H3/q+1. The van der Waals surface area contributed by atoms with Gasteiger partial charge in [0.1, 0.15) is 19.3 Å². The fourth-order valence-electron chi connectivity index (χ4n) is 2.48. The molecule has 0 aliphatic carbocycles. The van der Waals surface area contributed by atoms with E-state index in [1.165, 1.54) is 22.2 Å². The molecule has 1 aliphatic heterocycles. The zero-order valence-corrected chi connectivity index (χ0v) is 9.20. The van der Waals surface area contributed by atoms with E-state index in [9.17, 15) is 0 Å². The number of hydrogen-bond donors (Lipinski definition) is 0. The Morgan fingerprint density at radius 1 is 1.27 bits per heavy atom. The van der Waals surface area contributed by atoms with Gasteiger partial charge in [-0.3, -0.25) is 0 Å². The molecule has 0 bridgehead atoms. The van der Waals surface area contributed by atoms with Gasteiger partial charge in [0.15, 0.2) is 6.21 Å². The average Bonchev–Trinajstić information content (AvgIpc) is 2.54. The van der Waals surface area contributed by atoms with Gasteiger partial charge in [0, 0.05) is 24.4 Å². The molecule has 0 fully saturated rings. The summed E-state index contributed by atoms with van der Waals surface area (Å²) in [5, 5.41) is 1.42. The number of benzene rings is 1. The molecular formula is C13H15N2+. The van der Waals surface area contributed by atoms with Crippen LogP contribution in [0.25, 0.3) is 10.9 Å². The molecule has 2 heteroatoms. The molecule has 1 aromatic heterocycles. The predicted octanol–water partition coefficient (Wildman–Crippen LogP) is 1.80. The molecule has 2 aromatic rings. The first kappa shape index (κ1) is 8.72. The summed E-state index contributed by atoms with van der Waals surface area (Å²) in [6.07, 6.45) is 3.41. The van der Waals surface area contributed by atoms with Crippen molar-refractivity contribution in [3.05, 3.63) is 35.5 Å². The number of likely N-dealkylation sites (N-methyl/N-ethyl adjacent to an activating group) is 1. The van der Waals surface area contributed by atoms with E-state index in [0.717, 1.165) is 13.0 Å². The monoisotopic (exact) mass is 199 g/mol. The molecule has 2 heterocycles. The minimum atomic E-state index is 1.13. The van der Waals surface area contributed by atoms with E-state index in [4.69, 9.17) is 0 Å². The number of aromatic nitrogens is 1. The lowest BCUT2D eigenvalue weighted by Gasteiger charge is -2.06. The number of para-hydroxylation sites is 1. The summed E-state index contributed by atoms with van der Waals surface area (Å²) < 4.78 is 4.56. The Balaban J connectivity index is 2.43. The maximum atomic E-state index is 2.29. The Morgan fingerprint density at radius 2 is 2.07 bits per heavy atom. The molecule has 0 saturated carbocycles. The summed E-state index contributed by atoms with van der Waals surface area (Å²) in [5.41, 5.74) is 4.21. The second-order valence-corrected chi connectivity index (χ2v) is 4.30. The molecule has 15 heavy (non-hydrogen) atoms. The third kappa shape index (κ3) is 1.14. The van der Waals surface area contributed by atoms with Crippen molar-refractivity contribution in [1.29, 1.82) is 0 Å². The molecule has 0 amide bonds. The minimum Gasteiger partial charge on any atom is -0.339 e. The predicted molar refractivity (Wildman–Crippen MR) is 62.8 cm³/mol. The number of rotatable bonds is 0. The average molecular weight is 199 g/mol. The van der Waals surface area contributed by atoms with Crippen molar-refractivity contribution >= 4 is 17.1 Å². The highest BCUT2D eigenvalue weighted by Gasteiger charge is 2.20. The van der Waals surface area contributed by atoms with Gasteiger partial charge in [-0.2, -0.15) is 0 Å². The zero-order valence-electron chi connectivity index (χ0n) is 9.20. The van der Waals surface area contributed by atoms with Gasteiger partial charge in [-0.05, 0) is 11.6 Å². The number of fused-ring (bicyclic) bond motifs is 3. The molecule has 0 saturated heterocycles. The van der Waals surface area contributed by atoms with Gasteiger partial charge in [0.25, 0.3) is 0 Å². The Bertz CT molecular complexity index is 561. The highest BCUT2D eigenvalue weighted by atomic mass is 15.0. The summed E-state index contributed by atoms with van der Waals surface area (Å²) in [4.78, 5) is 0. The molecule has 2 nitrogen and oxygen atoms in total. The van der Waals surface area contributed by atoms with Gasteiger partial charge in [-0.15, -0.1) is 0 Å². The molecule has 0 spiro atoms. The van der Waals surface area contributed by atoms with Gasteiger partial charge in [0.05, 0.1) is 0 Å². The molecule has 1 aromatic carbocycles. The topological polar surface area (TPSA) is 7.94 Å². The van der Waals surface area contributed by atoms with Crippen LogP contribution in [-0.2, 0) is 13.5 Å². The first-order valence-electron chi connectivity index (χ1n) is 5.39. The Morgan fingerprint density at radius 3 is 2.93 bits per heavy atom. The molecule has 3 rings (SSSR count). The van der Waals surface area contributed by atoms with E-state index < -0.39 is 0 Å². The van der Waals surface area contributed by atoms with Crippen LogP contribution in [0.5, 0.6) is 0 Å². The Labute approximate surface area is 89.5 Å². The number of hydrogen-bond acceptors (Lipinski definition) is 0. The second kappa shape index (κ2) is 2.96. The zero-order chi connectivity index (χ0) is 10.4. The molecule has 0 N–H and O–H groups in total. The summed E-state index contributed by atoms with van der Waals surface area (Å²) in [5.74, 6) is 0. The first-order chi connectivity index (χ1) is 7.27. The van der Waals surface area contributed by atoms with Crippen LogP contribution < -0.4 is 0 Å². The van der Waals surface area contributed by atoms with Gasteiger partial charge in [-0.1, -0.05) is 18.2 Å². The summed E-state index contributed by atoms with van der Waals surface area (Å²) in [6.45, 7) is 1.13. The molecular weight excluding hydrogens is 184 g/mol. The van der Waals surface area contributed by atoms with Gasteiger partial charge in [-0.25, -0.2) is 4.58 Å². The fourth-order valence-corrected chi connectivity index (χ4v) is 2.48. The van der Waals surface area contributed by atoms with E-state index in [0.29, 0.717) is 0 Å². The van der Waals surface area contributed by atoms with Crippen LogP contribution in [0.3, 0.4) is 0 Å². The quantitative estimate of drug-likeness (QED) is 0.572. The second-order valence-electron chi connectivity index (χ2n) is 4.30. The van der Waals surface area contributed by atoms with Crippen molar-refractivity contribution in [2.45, 2.75) is 6.42 Å².